The summed E-state index contributed by atoms with van der Waals surface area (Å²) in [4.78, 5) is 0. The van der Waals surface area contributed by atoms with E-state index in [9.17, 15) is 0 Å². The number of rotatable bonds is 4. The number of aromatic nitrogens is 1. The van der Waals surface area contributed by atoms with E-state index in [0.29, 0.717) is 0 Å². The summed E-state index contributed by atoms with van der Waals surface area (Å²) in [6.45, 7) is 7.88. The molecule has 1 heteroatoms. The van der Waals surface area contributed by atoms with E-state index in [1.165, 1.54) is 29.3 Å². The Morgan fingerprint density at radius 2 is 2.00 bits per heavy atom. The van der Waals surface area contributed by atoms with Crippen LogP contribution in [0.1, 0.15) is 32.3 Å². The van der Waals surface area contributed by atoms with Gasteiger partial charge >= 0.3 is 0 Å². The molecule has 0 aliphatic rings. The molecular weight excluding hydrogens is 194 g/mol. The zero-order chi connectivity index (χ0) is 11.5. The maximum absolute atomic E-state index is 2.38. The quantitative estimate of drug-likeness (QED) is 0.713. The van der Waals surface area contributed by atoms with E-state index in [1.807, 2.05) is 0 Å². The van der Waals surface area contributed by atoms with Gasteiger partial charge in [0.2, 0.25) is 0 Å². The molecule has 0 bridgehead atoms. The maximum Gasteiger partial charge on any atom is 0.0482 e. The van der Waals surface area contributed by atoms with Gasteiger partial charge in [-0.15, -0.1) is 0 Å². The lowest BCUT2D eigenvalue weighted by Crippen LogP contribution is -1.98. The smallest absolute Gasteiger partial charge is 0.0482 e. The van der Waals surface area contributed by atoms with Crippen molar-refractivity contribution < 1.29 is 0 Å². The molecule has 0 atom stereocenters. The Balaban J connectivity index is 2.15. The minimum Gasteiger partial charge on any atom is -0.347 e. The Labute approximate surface area is 98.1 Å². The molecule has 0 aliphatic heterocycles. The molecule has 0 aliphatic carbocycles. The molecule has 16 heavy (non-hydrogen) atoms. The minimum atomic E-state index is 0.809. The number of hydrogen-bond donors (Lipinski definition) is 0. The number of aryl methyl sites for hydroxylation is 2. The molecule has 0 fully saturated rings. The second-order valence-corrected chi connectivity index (χ2v) is 5.11. The first-order valence-corrected chi connectivity index (χ1v) is 6.22. The van der Waals surface area contributed by atoms with Gasteiger partial charge in [-0.1, -0.05) is 26.0 Å². The molecule has 0 N–H and O–H groups in total. The molecule has 0 unspecified atom stereocenters. The lowest BCUT2D eigenvalue weighted by atomic mass is 10.1. The Bertz CT molecular complexity index is 465. The molecule has 86 valence electrons. The SMILES string of the molecule is Cc1ccc2ccn(CCCC(C)C)c2c1. The van der Waals surface area contributed by atoms with Crippen LogP contribution in [0.5, 0.6) is 0 Å². The summed E-state index contributed by atoms with van der Waals surface area (Å²) in [5.41, 5.74) is 2.72. The van der Waals surface area contributed by atoms with Crippen molar-refractivity contribution in [3.63, 3.8) is 0 Å². The Hall–Kier alpha value is -1.24. The largest absolute Gasteiger partial charge is 0.347 e. The van der Waals surface area contributed by atoms with E-state index in [1.54, 1.807) is 0 Å². The zero-order valence-electron chi connectivity index (χ0n) is 10.5. The average molecular weight is 215 g/mol. The van der Waals surface area contributed by atoms with Crippen molar-refractivity contribution in [3.05, 3.63) is 36.0 Å². The van der Waals surface area contributed by atoms with Crippen LogP contribution in [0, 0.1) is 12.8 Å². The Morgan fingerprint density at radius 1 is 1.19 bits per heavy atom. The summed E-state index contributed by atoms with van der Waals surface area (Å²) in [7, 11) is 0. The van der Waals surface area contributed by atoms with Gasteiger partial charge in [0.25, 0.3) is 0 Å². The van der Waals surface area contributed by atoms with Gasteiger partial charge in [0, 0.05) is 18.3 Å². The van der Waals surface area contributed by atoms with E-state index in [0.717, 1.165) is 12.5 Å². The van der Waals surface area contributed by atoms with Gasteiger partial charge in [-0.2, -0.15) is 0 Å². The third-order valence-electron chi connectivity index (χ3n) is 3.11. The topological polar surface area (TPSA) is 4.93 Å². The van der Waals surface area contributed by atoms with Crippen molar-refractivity contribution in [1.82, 2.24) is 4.57 Å². The normalized spacial score (nSPS) is 11.5. The molecule has 0 saturated heterocycles. The van der Waals surface area contributed by atoms with Crippen LogP contribution in [0.3, 0.4) is 0 Å². The fourth-order valence-electron chi connectivity index (χ4n) is 2.16. The van der Waals surface area contributed by atoms with Crippen LogP contribution in [0.2, 0.25) is 0 Å². The summed E-state index contributed by atoms with van der Waals surface area (Å²) < 4.78 is 2.38. The van der Waals surface area contributed by atoms with Gasteiger partial charge in [0.1, 0.15) is 0 Å². The van der Waals surface area contributed by atoms with Gasteiger partial charge in [-0.05, 0) is 48.8 Å². The van der Waals surface area contributed by atoms with Crippen LogP contribution < -0.4 is 0 Å². The summed E-state index contributed by atoms with van der Waals surface area (Å²) in [6.07, 6.45) is 4.80. The summed E-state index contributed by atoms with van der Waals surface area (Å²) in [6, 6.07) is 8.89. The van der Waals surface area contributed by atoms with Gasteiger partial charge < -0.3 is 4.57 Å². The lowest BCUT2D eigenvalue weighted by molar-refractivity contribution is 0.518. The molecule has 2 aromatic rings. The molecule has 1 heterocycles. The monoisotopic (exact) mass is 215 g/mol. The highest BCUT2D eigenvalue weighted by Crippen LogP contribution is 2.18. The molecule has 1 nitrogen and oxygen atoms in total. The van der Waals surface area contributed by atoms with Crippen LogP contribution in [0.15, 0.2) is 30.5 Å². The third kappa shape index (κ3) is 2.46. The van der Waals surface area contributed by atoms with Crippen molar-refractivity contribution >= 4 is 10.9 Å². The second-order valence-electron chi connectivity index (χ2n) is 5.11. The predicted octanol–water partition coefficient (Wildman–Crippen LogP) is 4.39. The molecule has 0 radical (unpaired) electrons. The van der Waals surface area contributed by atoms with E-state index >= 15 is 0 Å². The van der Waals surface area contributed by atoms with Gasteiger partial charge in [0.05, 0.1) is 0 Å². The molecular formula is C15H21N. The van der Waals surface area contributed by atoms with Crippen molar-refractivity contribution in [2.45, 2.75) is 40.2 Å². The summed E-state index contributed by atoms with van der Waals surface area (Å²) in [5.74, 6) is 0.809. The minimum absolute atomic E-state index is 0.809. The number of benzene rings is 1. The van der Waals surface area contributed by atoms with Crippen molar-refractivity contribution in [3.8, 4) is 0 Å². The molecule has 1 aromatic heterocycles. The first-order chi connectivity index (χ1) is 7.66. The highest BCUT2D eigenvalue weighted by molar-refractivity contribution is 5.80. The van der Waals surface area contributed by atoms with Crippen LogP contribution >= 0.6 is 0 Å². The van der Waals surface area contributed by atoms with Crippen LogP contribution in [-0.2, 0) is 6.54 Å². The van der Waals surface area contributed by atoms with Crippen molar-refractivity contribution in [1.29, 1.82) is 0 Å². The summed E-state index contributed by atoms with van der Waals surface area (Å²) >= 11 is 0. The maximum atomic E-state index is 2.38. The molecule has 0 saturated carbocycles. The molecule has 2 rings (SSSR count). The number of fused-ring (bicyclic) bond motifs is 1. The molecule has 0 spiro atoms. The van der Waals surface area contributed by atoms with E-state index in [-0.39, 0.29) is 0 Å². The van der Waals surface area contributed by atoms with E-state index in [2.05, 4.69) is 55.8 Å². The van der Waals surface area contributed by atoms with Gasteiger partial charge in [0.15, 0.2) is 0 Å². The molecule has 0 amide bonds. The van der Waals surface area contributed by atoms with Gasteiger partial charge in [-0.25, -0.2) is 0 Å². The third-order valence-corrected chi connectivity index (χ3v) is 3.11. The first-order valence-electron chi connectivity index (χ1n) is 6.22. The predicted molar refractivity (Wildman–Crippen MR) is 70.7 cm³/mol. The second kappa shape index (κ2) is 4.73. The highest BCUT2D eigenvalue weighted by Gasteiger charge is 2.01. The van der Waals surface area contributed by atoms with E-state index in [4.69, 9.17) is 0 Å². The van der Waals surface area contributed by atoms with Crippen LogP contribution in [0.25, 0.3) is 10.9 Å². The van der Waals surface area contributed by atoms with Crippen LogP contribution in [-0.4, -0.2) is 4.57 Å². The summed E-state index contributed by atoms with van der Waals surface area (Å²) in [5, 5.41) is 1.36. The highest BCUT2D eigenvalue weighted by atomic mass is 14.9. The Morgan fingerprint density at radius 3 is 2.75 bits per heavy atom. The standard InChI is InChI=1S/C15H21N/c1-12(2)5-4-9-16-10-8-14-7-6-13(3)11-15(14)16/h6-8,10-12H,4-5,9H2,1-3H3. The molecule has 1 aromatic carbocycles. The van der Waals surface area contributed by atoms with E-state index < -0.39 is 0 Å². The van der Waals surface area contributed by atoms with Crippen molar-refractivity contribution in [2.75, 3.05) is 0 Å². The average Bonchev–Trinajstić information content (AvgIpc) is 2.60. The number of nitrogens with zero attached hydrogens (tertiary/aromatic N) is 1. The fourth-order valence-corrected chi connectivity index (χ4v) is 2.16. The van der Waals surface area contributed by atoms with Crippen LogP contribution in [0.4, 0.5) is 0 Å². The Kier molecular flexibility index (Phi) is 3.33. The van der Waals surface area contributed by atoms with Gasteiger partial charge in [-0.3, -0.25) is 0 Å². The first kappa shape index (κ1) is 11.3. The fraction of sp³-hybridized carbons (Fsp3) is 0.467. The zero-order valence-corrected chi connectivity index (χ0v) is 10.5. The van der Waals surface area contributed by atoms with Crippen molar-refractivity contribution in [2.24, 2.45) is 5.92 Å². The number of hydrogen-bond acceptors (Lipinski definition) is 0. The lowest BCUT2D eigenvalue weighted by Gasteiger charge is -2.07.